The molecule has 0 saturated carbocycles. The van der Waals surface area contributed by atoms with Crippen molar-refractivity contribution in [1.29, 1.82) is 0 Å². The van der Waals surface area contributed by atoms with Crippen LogP contribution in [0.4, 0.5) is 0 Å². The summed E-state index contributed by atoms with van der Waals surface area (Å²) >= 11 is 0. The highest BCUT2D eigenvalue weighted by Crippen LogP contribution is 2.19. The van der Waals surface area contributed by atoms with Gasteiger partial charge in [0.2, 0.25) is 0 Å². The minimum absolute atomic E-state index is 0.0377. The Morgan fingerprint density at radius 1 is 0.310 bits per heavy atom. The third kappa shape index (κ3) is 55.9. The van der Waals surface area contributed by atoms with Gasteiger partial charge in [-0.2, -0.15) is 0 Å². The summed E-state index contributed by atoms with van der Waals surface area (Å²) in [6.45, 7) is 21.3. The molecule has 100 heavy (non-hydrogen) atoms. The first-order valence-electron chi connectivity index (χ1n) is 41.5. The monoisotopic (exact) mass is 1410 g/mol. The van der Waals surface area contributed by atoms with Crippen LogP contribution in [0.25, 0.3) is 0 Å². The number of carbonyl (C=O) groups is 7. The van der Waals surface area contributed by atoms with Crippen LogP contribution in [0.15, 0.2) is 18.2 Å². The van der Waals surface area contributed by atoms with Crippen LogP contribution in [0, 0.1) is 0 Å². The molecule has 0 saturated heterocycles. The summed E-state index contributed by atoms with van der Waals surface area (Å²) in [6, 6.07) is 4.75. The zero-order valence-electron chi connectivity index (χ0n) is 65.6. The van der Waals surface area contributed by atoms with Crippen molar-refractivity contribution in [2.24, 2.45) is 0 Å². The molecule has 0 heterocycles. The lowest BCUT2D eigenvalue weighted by Gasteiger charge is -2.22. The van der Waals surface area contributed by atoms with Gasteiger partial charge in [0, 0.05) is 62.0 Å². The average Bonchev–Trinajstić information content (AvgIpc) is 0.830. The van der Waals surface area contributed by atoms with Crippen molar-refractivity contribution in [3.05, 3.63) is 34.9 Å². The van der Waals surface area contributed by atoms with Crippen molar-refractivity contribution in [2.45, 2.75) is 362 Å². The lowest BCUT2D eigenvalue weighted by atomic mass is 10.0. The number of benzene rings is 1. The lowest BCUT2D eigenvalue weighted by molar-refractivity contribution is -0.150. The van der Waals surface area contributed by atoms with Gasteiger partial charge in [0.25, 0.3) is 17.7 Å². The highest BCUT2D eigenvalue weighted by molar-refractivity contribution is 6.04. The lowest BCUT2D eigenvalue weighted by Crippen LogP contribution is -2.32. The number of hydrogen-bond acceptors (Lipinski definition) is 14. The fourth-order valence-electron chi connectivity index (χ4n) is 12.7. The molecular weight excluding hydrogens is 1260 g/mol. The number of carbonyl (C=O) groups excluding carboxylic acids is 7. The number of ether oxygens (including phenoxy) is 4. The molecule has 3 amide bonds. The van der Waals surface area contributed by atoms with Crippen molar-refractivity contribution in [3.8, 4) is 0 Å². The molecule has 0 radical (unpaired) electrons. The molecule has 1 rings (SSSR count). The van der Waals surface area contributed by atoms with E-state index in [4.69, 9.17) is 18.9 Å². The topological polar surface area (TPSA) is 202 Å². The Labute approximate surface area is 611 Å². The van der Waals surface area contributed by atoms with E-state index in [1.807, 2.05) is 14.1 Å². The first-order valence-corrected chi connectivity index (χ1v) is 41.5. The van der Waals surface area contributed by atoms with Gasteiger partial charge >= 0.3 is 23.9 Å². The smallest absolute Gasteiger partial charge is 0.306 e. The number of amides is 3. The van der Waals surface area contributed by atoms with Gasteiger partial charge < -0.3 is 49.6 Å². The van der Waals surface area contributed by atoms with E-state index in [1.165, 1.54) is 77.0 Å². The summed E-state index contributed by atoms with van der Waals surface area (Å²) in [6.07, 6.45) is 47.6. The molecule has 0 aliphatic carbocycles. The minimum atomic E-state index is -0.349. The van der Waals surface area contributed by atoms with E-state index >= 15 is 0 Å². The predicted octanol–water partition coefficient (Wildman–Crippen LogP) is 18.8. The summed E-state index contributed by atoms with van der Waals surface area (Å²) in [5, 5.41) is 9.17. The fraction of sp³-hybridized carbons (Fsp3) is 0.843. The summed E-state index contributed by atoms with van der Waals surface area (Å²) in [5.74, 6) is -1.40. The summed E-state index contributed by atoms with van der Waals surface area (Å²) < 4.78 is 22.7. The van der Waals surface area contributed by atoms with Crippen LogP contribution in [-0.4, -0.2) is 161 Å². The van der Waals surface area contributed by atoms with Gasteiger partial charge in [0.05, 0.1) is 13.2 Å². The van der Waals surface area contributed by atoms with Crippen LogP contribution in [0.1, 0.15) is 381 Å². The van der Waals surface area contributed by atoms with Crippen LogP contribution in [-0.2, 0) is 38.1 Å². The Balaban J connectivity index is 2.99. The summed E-state index contributed by atoms with van der Waals surface area (Å²) in [4.78, 5) is 99.0. The molecule has 0 aromatic heterocycles. The van der Waals surface area contributed by atoms with Crippen molar-refractivity contribution in [2.75, 3.05) is 92.8 Å². The van der Waals surface area contributed by atoms with E-state index in [-0.39, 0.29) is 70.5 Å². The number of unbranched alkanes of at least 4 members (excludes halogenated alkanes) is 29. The molecule has 1 aromatic rings. The van der Waals surface area contributed by atoms with E-state index in [0.29, 0.717) is 65.0 Å². The largest absolute Gasteiger partial charge is 0.466 e. The Morgan fingerprint density at radius 3 is 0.940 bits per heavy atom. The molecule has 580 valence electrons. The molecule has 0 bridgehead atoms. The van der Waals surface area contributed by atoms with Gasteiger partial charge in [-0.25, -0.2) is 0 Å². The standard InChI is InChI=1S/C83H152N6O11/c1-9-15-19-21-27-33-47-67-97-77(90)53-39-44-63-88(64-45-40-54-78(91)98-68-48-34-28-22-20-16-10-2)65-46-41-57-84-81(94)72-69-73(82(95)85-58-49-60-87(7)8)71-74(70-72)83(96)86-59-50-66-89(61-42-31-25-23-29-37-55-79(92)99-75(13-5)51-35-17-11-3)62-43-32-26-24-30-38-56-80(93)100-76(14-6)52-36-18-12-4/h69-71,75-76H,9-68H2,1-8H3,(H,84,94)(H,85,95)(H,86,96). The summed E-state index contributed by atoms with van der Waals surface area (Å²) in [7, 11) is 3.98. The first kappa shape index (κ1) is 93.4. The predicted molar refractivity (Wildman–Crippen MR) is 412 cm³/mol. The van der Waals surface area contributed by atoms with Crippen molar-refractivity contribution >= 4 is 41.6 Å². The number of nitrogens with zero attached hydrogens (tertiary/aromatic N) is 3. The Hall–Kier alpha value is -4.61. The summed E-state index contributed by atoms with van der Waals surface area (Å²) in [5.41, 5.74) is 0.770. The third-order valence-corrected chi connectivity index (χ3v) is 19.1. The fourth-order valence-corrected chi connectivity index (χ4v) is 12.7. The highest BCUT2D eigenvalue weighted by Gasteiger charge is 2.19. The highest BCUT2D eigenvalue weighted by atomic mass is 16.6. The molecule has 2 atom stereocenters. The third-order valence-electron chi connectivity index (χ3n) is 19.1. The second-order valence-corrected chi connectivity index (χ2v) is 28.8. The Morgan fingerprint density at radius 2 is 0.580 bits per heavy atom. The van der Waals surface area contributed by atoms with Crippen molar-refractivity contribution in [1.82, 2.24) is 30.7 Å². The maximum Gasteiger partial charge on any atom is 0.306 e. The second-order valence-electron chi connectivity index (χ2n) is 28.8. The van der Waals surface area contributed by atoms with E-state index in [0.717, 1.165) is 245 Å². The molecule has 0 spiro atoms. The number of hydrogen-bond donors (Lipinski definition) is 3. The van der Waals surface area contributed by atoms with E-state index in [9.17, 15) is 33.6 Å². The molecule has 0 aliphatic rings. The van der Waals surface area contributed by atoms with E-state index < -0.39 is 0 Å². The zero-order chi connectivity index (χ0) is 73.2. The first-order chi connectivity index (χ1) is 48.7. The molecule has 0 aliphatic heterocycles. The van der Waals surface area contributed by atoms with Crippen LogP contribution < -0.4 is 16.0 Å². The molecule has 17 nitrogen and oxygen atoms in total. The quantitative estimate of drug-likeness (QED) is 0.0316. The van der Waals surface area contributed by atoms with Crippen LogP contribution >= 0.6 is 0 Å². The van der Waals surface area contributed by atoms with Gasteiger partial charge in [-0.05, 0) is 207 Å². The Kier molecular flexibility index (Phi) is 63.1. The van der Waals surface area contributed by atoms with Gasteiger partial charge in [-0.15, -0.1) is 0 Å². The van der Waals surface area contributed by atoms with Crippen LogP contribution in [0.3, 0.4) is 0 Å². The number of esters is 4. The molecule has 0 fully saturated rings. The van der Waals surface area contributed by atoms with Gasteiger partial charge in [-0.3, -0.25) is 33.6 Å². The van der Waals surface area contributed by atoms with Crippen LogP contribution in [0.2, 0.25) is 0 Å². The van der Waals surface area contributed by atoms with Crippen molar-refractivity contribution in [3.63, 3.8) is 0 Å². The SMILES string of the molecule is CCCCCCCCCOC(=O)CCCCN(CCCCNC(=O)c1cc(C(=O)NCCCN(C)C)cc(C(=O)NCCCN(CCCCCCCCC(=O)OC(CC)CCCCC)CCCCCCCCC(=O)OC(CC)CCCCC)c1)CCCCC(=O)OCCCCCCCCC. The molecule has 1 aromatic carbocycles. The maximum absolute atomic E-state index is 14.0. The minimum Gasteiger partial charge on any atom is -0.466 e. The molecular formula is C83H152N6O11. The van der Waals surface area contributed by atoms with Gasteiger partial charge in [0.1, 0.15) is 12.2 Å². The molecule has 17 heteroatoms. The Bertz CT molecular complexity index is 2090. The maximum atomic E-state index is 14.0. The van der Waals surface area contributed by atoms with Crippen molar-refractivity contribution < 1.29 is 52.5 Å². The zero-order valence-corrected chi connectivity index (χ0v) is 65.6. The van der Waals surface area contributed by atoms with E-state index in [2.05, 4.69) is 72.2 Å². The van der Waals surface area contributed by atoms with Gasteiger partial charge in [-0.1, -0.05) is 196 Å². The normalized spacial score (nSPS) is 12.1. The van der Waals surface area contributed by atoms with Crippen LogP contribution in [0.5, 0.6) is 0 Å². The average molecular weight is 1410 g/mol. The molecule has 3 N–H and O–H groups in total. The number of rotatable bonds is 72. The number of nitrogens with one attached hydrogen (secondary N) is 3. The second kappa shape index (κ2) is 67.6. The van der Waals surface area contributed by atoms with E-state index in [1.54, 1.807) is 18.2 Å². The molecule has 2 unspecified atom stereocenters. The van der Waals surface area contributed by atoms with Gasteiger partial charge in [0.15, 0.2) is 0 Å².